The van der Waals surface area contributed by atoms with Gasteiger partial charge in [0.15, 0.2) is 0 Å². The van der Waals surface area contributed by atoms with Gasteiger partial charge < -0.3 is 4.57 Å². The SMILES string of the molecule is Cn1cnc(CN2CCCC2Cn2nc3c(cc2=O)CCCC3)cc1=O. The number of fused-ring (bicyclic) bond motifs is 1. The minimum absolute atomic E-state index is 0.00389. The van der Waals surface area contributed by atoms with Gasteiger partial charge in [-0.1, -0.05) is 0 Å². The Morgan fingerprint density at radius 3 is 2.81 bits per heavy atom. The lowest BCUT2D eigenvalue weighted by Gasteiger charge is -2.25. The van der Waals surface area contributed by atoms with E-state index in [1.165, 1.54) is 4.57 Å². The molecule has 1 aliphatic heterocycles. The molecule has 0 amide bonds. The minimum atomic E-state index is -0.0432. The number of aromatic nitrogens is 4. The molecule has 7 heteroatoms. The summed E-state index contributed by atoms with van der Waals surface area (Å²) in [6.07, 6.45) is 7.95. The van der Waals surface area contributed by atoms with Crippen LogP contribution in [0.5, 0.6) is 0 Å². The number of hydrogen-bond acceptors (Lipinski definition) is 5. The van der Waals surface area contributed by atoms with Gasteiger partial charge in [-0.15, -0.1) is 0 Å². The van der Waals surface area contributed by atoms with Crippen molar-refractivity contribution in [3.8, 4) is 0 Å². The largest absolute Gasteiger partial charge is 0.302 e. The van der Waals surface area contributed by atoms with Crippen molar-refractivity contribution < 1.29 is 0 Å². The van der Waals surface area contributed by atoms with Crippen LogP contribution in [0.4, 0.5) is 0 Å². The van der Waals surface area contributed by atoms with Crippen LogP contribution in [0.3, 0.4) is 0 Å². The Kier molecular flexibility index (Phi) is 4.72. The molecule has 0 bridgehead atoms. The first-order valence-corrected chi connectivity index (χ1v) is 9.46. The van der Waals surface area contributed by atoms with Gasteiger partial charge in [0.25, 0.3) is 11.1 Å². The molecule has 0 spiro atoms. The molecule has 2 aliphatic rings. The highest BCUT2D eigenvalue weighted by Crippen LogP contribution is 2.21. The number of aryl methyl sites for hydroxylation is 3. The summed E-state index contributed by atoms with van der Waals surface area (Å²) in [4.78, 5) is 30.9. The van der Waals surface area contributed by atoms with E-state index in [1.54, 1.807) is 30.2 Å². The van der Waals surface area contributed by atoms with Gasteiger partial charge in [-0.3, -0.25) is 14.5 Å². The van der Waals surface area contributed by atoms with E-state index in [4.69, 9.17) is 0 Å². The molecule has 0 N–H and O–H groups in total. The summed E-state index contributed by atoms with van der Waals surface area (Å²) < 4.78 is 3.12. The summed E-state index contributed by atoms with van der Waals surface area (Å²) in [5.74, 6) is 0. The quantitative estimate of drug-likeness (QED) is 0.814. The van der Waals surface area contributed by atoms with Gasteiger partial charge in [0.1, 0.15) is 0 Å². The van der Waals surface area contributed by atoms with Gasteiger partial charge in [-0.25, -0.2) is 9.67 Å². The zero-order chi connectivity index (χ0) is 18.1. The second-order valence-electron chi connectivity index (χ2n) is 7.44. The topological polar surface area (TPSA) is 73.0 Å². The summed E-state index contributed by atoms with van der Waals surface area (Å²) in [5, 5.41) is 4.65. The van der Waals surface area contributed by atoms with Gasteiger partial charge in [-0.2, -0.15) is 5.10 Å². The van der Waals surface area contributed by atoms with E-state index in [0.717, 1.165) is 62.0 Å². The summed E-state index contributed by atoms with van der Waals surface area (Å²) in [6.45, 7) is 2.21. The molecule has 1 saturated heterocycles. The Hall–Kier alpha value is -2.28. The molecule has 1 aliphatic carbocycles. The first-order chi connectivity index (χ1) is 12.6. The average Bonchev–Trinajstić information content (AvgIpc) is 3.05. The van der Waals surface area contributed by atoms with Crippen molar-refractivity contribution in [2.45, 2.75) is 57.7 Å². The van der Waals surface area contributed by atoms with Crippen molar-refractivity contribution in [1.29, 1.82) is 0 Å². The molecule has 0 saturated carbocycles. The molecule has 0 aromatic carbocycles. The summed E-state index contributed by atoms with van der Waals surface area (Å²) in [6, 6.07) is 3.63. The molecule has 0 radical (unpaired) electrons. The lowest BCUT2D eigenvalue weighted by atomic mass is 9.97. The predicted octanol–water partition coefficient (Wildman–Crippen LogP) is 0.880. The molecular weight excluding hydrogens is 330 g/mol. The molecular formula is C19H25N5O2. The van der Waals surface area contributed by atoms with Gasteiger partial charge in [0.05, 0.1) is 24.3 Å². The first kappa shape index (κ1) is 17.1. The molecule has 138 valence electrons. The standard InChI is InChI=1S/C19H25N5O2/c1-22-13-20-15(10-18(22)25)11-23-8-4-6-16(23)12-24-19(26)9-14-5-2-3-7-17(14)21-24/h9-10,13,16H,2-8,11-12H2,1H3. The Balaban J connectivity index is 1.51. The maximum atomic E-state index is 12.5. The van der Waals surface area contributed by atoms with Gasteiger partial charge >= 0.3 is 0 Å². The highest BCUT2D eigenvalue weighted by atomic mass is 16.1. The fourth-order valence-corrected chi connectivity index (χ4v) is 4.04. The normalized spacial score (nSPS) is 20.3. The predicted molar refractivity (Wildman–Crippen MR) is 98.0 cm³/mol. The Bertz CT molecular complexity index is 917. The lowest BCUT2D eigenvalue weighted by Crippen LogP contribution is -2.38. The van der Waals surface area contributed by atoms with Crippen LogP contribution in [0.1, 0.15) is 42.6 Å². The van der Waals surface area contributed by atoms with Crippen LogP contribution in [0.25, 0.3) is 0 Å². The van der Waals surface area contributed by atoms with Crippen LogP contribution in [-0.2, 0) is 33.0 Å². The van der Waals surface area contributed by atoms with E-state index in [1.807, 2.05) is 0 Å². The monoisotopic (exact) mass is 355 g/mol. The van der Waals surface area contributed by atoms with Crippen molar-refractivity contribution in [1.82, 2.24) is 24.2 Å². The second kappa shape index (κ2) is 7.15. The maximum absolute atomic E-state index is 12.5. The molecule has 1 fully saturated rings. The minimum Gasteiger partial charge on any atom is -0.302 e. The summed E-state index contributed by atoms with van der Waals surface area (Å²) in [5.41, 5.74) is 2.96. The zero-order valence-electron chi connectivity index (χ0n) is 15.2. The van der Waals surface area contributed by atoms with Crippen molar-refractivity contribution >= 4 is 0 Å². The van der Waals surface area contributed by atoms with E-state index in [9.17, 15) is 9.59 Å². The molecule has 7 nitrogen and oxygen atoms in total. The Morgan fingerprint density at radius 1 is 1.12 bits per heavy atom. The third-order valence-electron chi connectivity index (χ3n) is 5.56. The fraction of sp³-hybridized carbons (Fsp3) is 0.579. The molecule has 2 aromatic heterocycles. The number of rotatable bonds is 4. The number of hydrogen-bond donors (Lipinski definition) is 0. The lowest BCUT2D eigenvalue weighted by molar-refractivity contribution is 0.213. The second-order valence-corrected chi connectivity index (χ2v) is 7.44. The third kappa shape index (κ3) is 3.49. The van der Waals surface area contributed by atoms with E-state index < -0.39 is 0 Å². The maximum Gasteiger partial charge on any atom is 0.267 e. The van der Waals surface area contributed by atoms with Gasteiger partial charge in [0, 0.05) is 31.8 Å². The van der Waals surface area contributed by atoms with Crippen LogP contribution >= 0.6 is 0 Å². The van der Waals surface area contributed by atoms with Crippen LogP contribution in [0, 0.1) is 0 Å². The molecule has 2 aromatic rings. The summed E-state index contributed by atoms with van der Waals surface area (Å²) >= 11 is 0. The van der Waals surface area contributed by atoms with Gasteiger partial charge in [-0.05, 0) is 50.6 Å². The van der Waals surface area contributed by atoms with Crippen molar-refractivity contribution in [2.24, 2.45) is 7.05 Å². The molecule has 3 heterocycles. The van der Waals surface area contributed by atoms with E-state index in [-0.39, 0.29) is 17.2 Å². The molecule has 1 unspecified atom stereocenters. The van der Waals surface area contributed by atoms with E-state index in [0.29, 0.717) is 13.1 Å². The van der Waals surface area contributed by atoms with Crippen LogP contribution in [0.2, 0.25) is 0 Å². The van der Waals surface area contributed by atoms with E-state index in [2.05, 4.69) is 15.0 Å². The Labute approximate surface area is 152 Å². The highest BCUT2D eigenvalue weighted by Gasteiger charge is 2.26. The van der Waals surface area contributed by atoms with Crippen LogP contribution in [0.15, 0.2) is 28.0 Å². The van der Waals surface area contributed by atoms with Crippen molar-refractivity contribution in [2.75, 3.05) is 6.54 Å². The van der Waals surface area contributed by atoms with Crippen molar-refractivity contribution in [3.63, 3.8) is 0 Å². The fourth-order valence-electron chi connectivity index (χ4n) is 4.04. The third-order valence-corrected chi connectivity index (χ3v) is 5.56. The molecule has 1 atom stereocenters. The zero-order valence-corrected chi connectivity index (χ0v) is 15.2. The average molecular weight is 355 g/mol. The first-order valence-electron chi connectivity index (χ1n) is 9.46. The molecule has 26 heavy (non-hydrogen) atoms. The van der Waals surface area contributed by atoms with Crippen molar-refractivity contribution in [3.05, 3.63) is 56.1 Å². The Morgan fingerprint density at radius 2 is 1.96 bits per heavy atom. The smallest absolute Gasteiger partial charge is 0.267 e. The highest BCUT2D eigenvalue weighted by molar-refractivity contribution is 5.20. The number of likely N-dealkylation sites (tertiary alicyclic amines) is 1. The van der Waals surface area contributed by atoms with Gasteiger partial charge in [0.2, 0.25) is 0 Å². The van der Waals surface area contributed by atoms with Crippen LogP contribution < -0.4 is 11.1 Å². The molecule has 4 rings (SSSR count). The number of nitrogens with zero attached hydrogens (tertiary/aromatic N) is 5. The summed E-state index contributed by atoms with van der Waals surface area (Å²) in [7, 11) is 1.70. The van der Waals surface area contributed by atoms with Crippen LogP contribution in [-0.4, -0.2) is 36.8 Å². The van der Waals surface area contributed by atoms with E-state index >= 15 is 0 Å².